The Bertz CT molecular complexity index is 170. The zero-order valence-electron chi connectivity index (χ0n) is 6.78. The van der Waals surface area contributed by atoms with E-state index in [1.165, 1.54) is 0 Å². The molecule has 1 heterocycles. The summed E-state index contributed by atoms with van der Waals surface area (Å²) in [5, 5.41) is 0. The lowest BCUT2D eigenvalue weighted by Crippen LogP contribution is -2.00. The first-order chi connectivity index (χ1) is 5.16. The van der Waals surface area contributed by atoms with E-state index in [-0.39, 0.29) is 12.5 Å². The van der Waals surface area contributed by atoms with Crippen molar-refractivity contribution in [1.29, 1.82) is 0 Å². The van der Waals surface area contributed by atoms with E-state index in [9.17, 15) is 4.57 Å². The molecule has 0 aliphatic carbocycles. The molecule has 1 rings (SSSR count). The van der Waals surface area contributed by atoms with Gasteiger partial charge in [0.25, 0.3) is 0 Å². The predicted molar refractivity (Wildman–Crippen MR) is 40.6 cm³/mol. The van der Waals surface area contributed by atoms with Crippen LogP contribution >= 0.6 is 7.60 Å². The van der Waals surface area contributed by atoms with Crippen molar-refractivity contribution in [2.45, 2.75) is 20.0 Å². The summed E-state index contributed by atoms with van der Waals surface area (Å²) >= 11 is 0. The second-order valence-electron chi connectivity index (χ2n) is 2.44. The van der Waals surface area contributed by atoms with E-state index < -0.39 is 7.60 Å². The largest absolute Gasteiger partial charge is 0.369 e. The van der Waals surface area contributed by atoms with Crippen LogP contribution in [0.25, 0.3) is 0 Å². The van der Waals surface area contributed by atoms with Crippen molar-refractivity contribution in [3.05, 3.63) is 0 Å². The number of hydrogen-bond donors (Lipinski definition) is 0. The van der Waals surface area contributed by atoms with Gasteiger partial charge in [0.1, 0.15) is 6.35 Å². The first kappa shape index (κ1) is 9.20. The fourth-order valence-electron chi connectivity index (χ4n) is 0.824. The molecule has 5 heteroatoms. The van der Waals surface area contributed by atoms with Gasteiger partial charge in [-0.15, -0.1) is 0 Å². The van der Waals surface area contributed by atoms with Gasteiger partial charge in [0.05, 0.1) is 12.7 Å². The van der Waals surface area contributed by atoms with Crippen LogP contribution in [0.4, 0.5) is 0 Å². The van der Waals surface area contributed by atoms with Crippen LogP contribution in [0.5, 0.6) is 0 Å². The standard InChI is InChI=1S/C6H13O4P/c1-3-8-5-11(7)9-4-6(2)10-11/h6H,3-5H2,1-2H3. The summed E-state index contributed by atoms with van der Waals surface area (Å²) in [5.41, 5.74) is 0. The molecule has 0 aromatic carbocycles. The predicted octanol–water partition coefficient (Wildman–Crippen LogP) is 1.61. The summed E-state index contributed by atoms with van der Waals surface area (Å²) in [4.78, 5) is 0. The minimum Gasteiger partial charge on any atom is -0.369 e. The second-order valence-corrected chi connectivity index (χ2v) is 4.39. The molecular weight excluding hydrogens is 167 g/mol. The molecular formula is C6H13O4P. The lowest BCUT2D eigenvalue weighted by Gasteiger charge is -2.08. The topological polar surface area (TPSA) is 44.8 Å². The molecule has 1 aliphatic heterocycles. The van der Waals surface area contributed by atoms with E-state index in [0.717, 1.165) is 0 Å². The summed E-state index contributed by atoms with van der Waals surface area (Å²) in [6, 6.07) is 0. The van der Waals surface area contributed by atoms with Crippen molar-refractivity contribution in [2.75, 3.05) is 19.6 Å². The highest BCUT2D eigenvalue weighted by Crippen LogP contribution is 2.53. The van der Waals surface area contributed by atoms with Crippen molar-refractivity contribution in [1.82, 2.24) is 0 Å². The molecule has 0 bridgehead atoms. The minimum absolute atomic E-state index is 0.0683. The van der Waals surface area contributed by atoms with Gasteiger partial charge in [-0.25, -0.2) is 0 Å². The first-order valence-corrected chi connectivity index (χ1v) is 5.39. The van der Waals surface area contributed by atoms with Crippen molar-refractivity contribution < 1.29 is 18.3 Å². The summed E-state index contributed by atoms with van der Waals surface area (Å²) in [5.74, 6) is 0. The Morgan fingerprint density at radius 1 is 1.73 bits per heavy atom. The highest BCUT2D eigenvalue weighted by molar-refractivity contribution is 7.53. The molecule has 0 saturated carbocycles. The van der Waals surface area contributed by atoms with Crippen LogP contribution < -0.4 is 0 Å². The minimum atomic E-state index is -2.86. The third kappa shape index (κ3) is 2.56. The Labute approximate surface area is 66.4 Å². The normalized spacial score (nSPS) is 37.8. The van der Waals surface area contributed by atoms with E-state index in [1.54, 1.807) is 0 Å². The number of ether oxygens (including phenoxy) is 1. The van der Waals surface area contributed by atoms with E-state index in [2.05, 4.69) is 0 Å². The fraction of sp³-hybridized carbons (Fsp3) is 1.00. The molecule has 66 valence electrons. The van der Waals surface area contributed by atoms with Gasteiger partial charge >= 0.3 is 7.60 Å². The number of rotatable bonds is 3. The highest BCUT2D eigenvalue weighted by Gasteiger charge is 2.34. The third-order valence-corrected chi connectivity index (χ3v) is 3.02. The van der Waals surface area contributed by atoms with Gasteiger partial charge < -0.3 is 13.8 Å². The SMILES string of the molecule is CCOCP1(=O)OCC(C)O1. The Hall–Kier alpha value is 0.110. The van der Waals surface area contributed by atoms with E-state index in [1.807, 2.05) is 13.8 Å². The summed E-state index contributed by atoms with van der Waals surface area (Å²) < 4.78 is 26.4. The maximum absolute atomic E-state index is 11.4. The van der Waals surface area contributed by atoms with Gasteiger partial charge in [-0.2, -0.15) is 0 Å². The van der Waals surface area contributed by atoms with Gasteiger partial charge in [0.2, 0.25) is 0 Å². The van der Waals surface area contributed by atoms with E-state index in [0.29, 0.717) is 13.2 Å². The van der Waals surface area contributed by atoms with Gasteiger partial charge in [0.15, 0.2) is 0 Å². The summed E-state index contributed by atoms with van der Waals surface area (Å²) in [7, 11) is -2.86. The first-order valence-electron chi connectivity index (χ1n) is 3.66. The smallest absolute Gasteiger partial charge is 0.356 e. The summed E-state index contributed by atoms with van der Waals surface area (Å²) in [6.07, 6.45) is 0.00897. The Balaban J connectivity index is 2.36. The van der Waals surface area contributed by atoms with Crippen LogP contribution in [-0.4, -0.2) is 25.7 Å². The Kier molecular flexibility index (Phi) is 3.07. The average Bonchev–Trinajstić information content (AvgIpc) is 2.28. The van der Waals surface area contributed by atoms with Crippen LogP contribution in [-0.2, 0) is 18.3 Å². The van der Waals surface area contributed by atoms with Gasteiger partial charge in [-0.1, -0.05) is 0 Å². The molecule has 0 N–H and O–H groups in total. The summed E-state index contributed by atoms with van der Waals surface area (Å²) in [6.45, 7) is 4.60. The fourth-order valence-corrected chi connectivity index (χ4v) is 2.47. The molecule has 0 aromatic rings. The van der Waals surface area contributed by atoms with Crippen molar-refractivity contribution in [3.8, 4) is 0 Å². The molecule has 2 unspecified atom stereocenters. The van der Waals surface area contributed by atoms with Crippen LogP contribution in [0, 0.1) is 0 Å². The lowest BCUT2D eigenvalue weighted by molar-refractivity contribution is 0.165. The zero-order chi connectivity index (χ0) is 8.32. The second kappa shape index (κ2) is 3.68. The van der Waals surface area contributed by atoms with Crippen LogP contribution in [0.2, 0.25) is 0 Å². The third-order valence-electron chi connectivity index (χ3n) is 1.30. The quantitative estimate of drug-likeness (QED) is 0.619. The van der Waals surface area contributed by atoms with Crippen molar-refractivity contribution in [2.24, 2.45) is 0 Å². The average molecular weight is 180 g/mol. The Morgan fingerprint density at radius 2 is 2.45 bits per heavy atom. The monoisotopic (exact) mass is 180 g/mol. The molecule has 11 heavy (non-hydrogen) atoms. The molecule has 0 spiro atoms. The molecule has 0 amide bonds. The molecule has 1 aliphatic rings. The maximum atomic E-state index is 11.4. The molecule has 0 radical (unpaired) electrons. The van der Waals surface area contributed by atoms with Crippen molar-refractivity contribution in [3.63, 3.8) is 0 Å². The molecule has 0 aromatic heterocycles. The number of hydrogen-bond acceptors (Lipinski definition) is 4. The van der Waals surface area contributed by atoms with Crippen LogP contribution in [0.15, 0.2) is 0 Å². The van der Waals surface area contributed by atoms with E-state index in [4.69, 9.17) is 13.8 Å². The van der Waals surface area contributed by atoms with E-state index >= 15 is 0 Å². The molecule has 2 atom stereocenters. The van der Waals surface area contributed by atoms with Crippen LogP contribution in [0.3, 0.4) is 0 Å². The molecule has 1 saturated heterocycles. The van der Waals surface area contributed by atoms with Gasteiger partial charge in [-0.05, 0) is 13.8 Å². The zero-order valence-corrected chi connectivity index (χ0v) is 7.67. The Morgan fingerprint density at radius 3 is 2.91 bits per heavy atom. The highest BCUT2D eigenvalue weighted by atomic mass is 31.2. The molecule has 1 fully saturated rings. The van der Waals surface area contributed by atoms with Gasteiger partial charge in [-0.3, -0.25) is 4.57 Å². The lowest BCUT2D eigenvalue weighted by atomic mass is 10.5. The van der Waals surface area contributed by atoms with Crippen molar-refractivity contribution >= 4 is 7.60 Å². The molecule has 4 nitrogen and oxygen atoms in total. The van der Waals surface area contributed by atoms with Gasteiger partial charge in [0, 0.05) is 6.61 Å². The van der Waals surface area contributed by atoms with Crippen LogP contribution in [0.1, 0.15) is 13.8 Å². The maximum Gasteiger partial charge on any atom is 0.356 e.